The van der Waals surface area contributed by atoms with Gasteiger partial charge in [-0.2, -0.15) is 0 Å². The minimum atomic E-state index is -0.681. The van der Waals surface area contributed by atoms with E-state index in [-0.39, 0.29) is 0 Å². The lowest BCUT2D eigenvalue weighted by Crippen LogP contribution is -2.23. The summed E-state index contributed by atoms with van der Waals surface area (Å²) in [7, 11) is 0. The van der Waals surface area contributed by atoms with E-state index in [2.05, 4.69) is 0 Å². The maximum Gasteiger partial charge on any atom is 0.427 e. The van der Waals surface area contributed by atoms with Crippen LogP contribution in [0.3, 0.4) is 0 Å². The molecule has 0 aliphatic rings. The van der Waals surface area contributed by atoms with Crippen LogP contribution in [0.15, 0.2) is 51.7 Å². The molecule has 5 nitrogen and oxygen atoms in total. The summed E-state index contributed by atoms with van der Waals surface area (Å²) >= 11 is 0. The van der Waals surface area contributed by atoms with Gasteiger partial charge in [0.05, 0.1) is 12.1 Å². The summed E-state index contributed by atoms with van der Waals surface area (Å²) in [6.07, 6.45) is 0. The Morgan fingerprint density at radius 2 is 1.91 bits per heavy atom. The molecule has 112 valence electrons. The standard InChI is InChI=1S/C17H15NO4/c1-3-21-13-7-5-12(6-8-13)16(19)18-14-10-11(2)4-9-15(14)22-17(18)20/h4-10H,3H2,1-2H3. The van der Waals surface area contributed by atoms with Gasteiger partial charge in [-0.1, -0.05) is 6.07 Å². The minimum absolute atomic E-state index is 0.398. The van der Waals surface area contributed by atoms with E-state index in [0.29, 0.717) is 29.0 Å². The maximum atomic E-state index is 12.6. The zero-order valence-electron chi connectivity index (χ0n) is 12.3. The summed E-state index contributed by atoms with van der Waals surface area (Å²) in [4.78, 5) is 24.6. The number of benzene rings is 2. The summed E-state index contributed by atoms with van der Waals surface area (Å²) < 4.78 is 11.5. The molecule has 0 atom stereocenters. The van der Waals surface area contributed by atoms with Gasteiger partial charge in [0.2, 0.25) is 0 Å². The molecule has 0 aliphatic carbocycles. The molecule has 0 amide bonds. The Morgan fingerprint density at radius 1 is 1.18 bits per heavy atom. The molecular formula is C17H15NO4. The summed E-state index contributed by atoms with van der Waals surface area (Å²) in [5.41, 5.74) is 2.22. The zero-order chi connectivity index (χ0) is 15.7. The molecule has 0 spiro atoms. The van der Waals surface area contributed by atoms with Gasteiger partial charge in [0, 0.05) is 5.56 Å². The second kappa shape index (κ2) is 5.52. The van der Waals surface area contributed by atoms with Gasteiger partial charge in [0.15, 0.2) is 5.58 Å². The Bertz CT molecular complexity index is 887. The Hall–Kier alpha value is -2.82. The molecule has 5 heteroatoms. The third kappa shape index (κ3) is 2.41. The fraction of sp³-hybridized carbons (Fsp3) is 0.176. The van der Waals surface area contributed by atoms with Crippen molar-refractivity contribution in [2.24, 2.45) is 0 Å². The lowest BCUT2D eigenvalue weighted by atomic mass is 10.2. The van der Waals surface area contributed by atoms with Crippen LogP contribution in [0.5, 0.6) is 5.75 Å². The number of aryl methyl sites for hydroxylation is 1. The van der Waals surface area contributed by atoms with Crippen LogP contribution < -0.4 is 10.5 Å². The van der Waals surface area contributed by atoms with Gasteiger partial charge in [0.1, 0.15) is 5.75 Å². The smallest absolute Gasteiger partial charge is 0.427 e. The molecule has 1 heterocycles. The summed E-state index contributed by atoms with van der Waals surface area (Å²) in [5, 5.41) is 0. The lowest BCUT2D eigenvalue weighted by Gasteiger charge is -2.05. The van der Waals surface area contributed by atoms with E-state index in [1.54, 1.807) is 36.4 Å². The van der Waals surface area contributed by atoms with Gasteiger partial charge < -0.3 is 9.15 Å². The van der Waals surface area contributed by atoms with E-state index >= 15 is 0 Å². The summed E-state index contributed by atoms with van der Waals surface area (Å²) in [6, 6.07) is 11.9. The van der Waals surface area contributed by atoms with E-state index in [1.807, 2.05) is 19.9 Å². The highest BCUT2D eigenvalue weighted by Gasteiger charge is 2.17. The van der Waals surface area contributed by atoms with Crippen LogP contribution in [0, 0.1) is 6.92 Å². The Kier molecular flexibility index (Phi) is 3.55. The van der Waals surface area contributed by atoms with Crippen molar-refractivity contribution in [2.45, 2.75) is 13.8 Å². The van der Waals surface area contributed by atoms with Crippen LogP contribution >= 0.6 is 0 Å². The summed E-state index contributed by atoms with van der Waals surface area (Å²) in [5.74, 6) is -0.420. The average Bonchev–Trinajstić information content (AvgIpc) is 2.83. The van der Waals surface area contributed by atoms with Crippen LogP contribution in [0.2, 0.25) is 0 Å². The van der Waals surface area contributed by atoms with E-state index in [0.717, 1.165) is 10.1 Å². The molecule has 0 bridgehead atoms. The fourth-order valence-corrected chi connectivity index (χ4v) is 2.31. The Labute approximate surface area is 126 Å². The van der Waals surface area contributed by atoms with Crippen molar-refractivity contribution in [3.63, 3.8) is 0 Å². The van der Waals surface area contributed by atoms with Crippen LogP contribution in [0.4, 0.5) is 0 Å². The zero-order valence-corrected chi connectivity index (χ0v) is 12.3. The van der Waals surface area contributed by atoms with Crippen molar-refractivity contribution in [1.29, 1.82) is 0 Å². The van der Waals surface area contributed by atoms with Crippen molar-refractivity contribution in [2.75, 3.05) is 6.61 Å². The molecule has 0 radical (unpaired) electrons. The number of rotatable bonds is 3. The molecule has 1 aromatic heterocycles. The highest BCUT2D eigenvalue weighted by molar-refractivity contribution is 6.00. The van der Waals surface area contributed by atoms with Crippen LogP contribution in [0.1, 0.15) is 22.8 Å². The largest absolute Gasteiger partial charge is 0.494 e. The number of nitrogens with zero attached hydrogens (tertiary/aromatic N) is 1. The topological polar surface area (TPSA) is 61.4 Å². The third-order valence-corrected chi connectivity index (χ3v) is 3.35. The first-order valence-corrected chi connectivity index (χ1v) is 7.00. The first kappa shape index (κ1) is 14.1. The van der Waals surface area contributed by atoms with Crippen LogP contribution in [-0.2, 0) is 0 Å². The average molecular weight is 297 g/mol. The maximum absolute atomic E-state index is 12.6. The van der Waals surface area contributed by atoms with Gasteiger partial charge in [-0.25, -0.2) is 9.36 Å². The minimum Gasteiger partial charge on any atom is -0.494 e. The normalized spacial score (nSPS) is 10.8. The molecule has 0 saturated heterocycles. The van der Waals surface area contributed by atoms with Gasteiger partial charge in [-0.15, -0.1) is 0 Å². The lowest BCUT2D eigenvalue weighted by molar-refractivity contribution is 0.0956. The first-order chi connectivity index (χ1) is 10.6. The molecule has 0 saturated carbocycles. The number of hydrogen-bond donors (Lipinski definition) is 0. The number of carbonyl (C=O) groups is 1. The van der Waals surface area contributed by atoms with E-state index in [4.69, 9.17) is 9.15 Å². The predicted octanol–water partition coefficient (Wildman–Crippen LogP) is 2.99. The first-order valence-electron chi connectivity index (χ1n) is 7.00. The van der Waals surface area contributed by atoms with E-state index in [1.165, 1.54) is 0 Å². The van der Waals surface area contributed by atoms with Crippen molar-refractivity contribution >= 4 is 17.0 Å². The second-order valence-corrected chi connectivity index (χ2v) is 4.94. The van der Waals surface area contributed by atoms with Crippen LogP contribution in [-0.4, -0.2) is 17.1 Å². The second-order valence-electron chi connectivity index (χ2n) is 4.94. The number of ether oxygens (including phenoxy) is 1. The van der Waals surface area contributed by atoms with Crippen molar-refractivity contribution in [3.05, 3.63) is 64.1 Å². The number of oxazole rings is 1. The Balaban J connectivity index is 2.06. The molecular weight excluding hydrogens is 282 g/mol. The van der Waals surface area contributed by atoms with Gasteiger partial charge in [0.25, 0.3) is 5.91 Å². The van der Waals surface area contributed by atoms with E-state index in [9.17, 15) is 9.59 Å². The molecule has 3 aromatic rings. The number of aromatic nitrogens is 1. The molecule has 22 heavy (non-hydrogen) atoms. The Morgan fingerprint density at radius 3 is 2.59 bits per heavy atom. The fourth-order valence-electron chi connectivity index (χ4n) is 2.31. The van der Waals surface area contributed by atoms with Gasteiger partial charge >= 0.3 is 5.76 Å². The molecule has 0 aliphatic heterocycles. The molecule has 0 unspecified atom stereocenters. The summed E-state index contributed by atoms with van der Waals surface area (Å²) in [6.45, 7) is 4.33. The third-order valence-electron chi connectivity index (χ3n) is 3.35. The van der Waals surface area contributed by atoms with Crippen molar-refractivity contribution in [1.82, 2.24) is 4.57 Å². The monoisotopic (exact) mass is 297 g/mol. The predicted molar refractivity (Wildman–Crippen MR) is 82.6 cm³/mol. The number of fused-ring (bicyclic) bond motifs is 1. The quantitative estimate of drug-likeness (QED) is 0.745. The number of hydrogen-bond acceptors (Lipinski definition) is 4. The molecule has 0 fully saturated rings. The van der Waals surface area contributed by atoms with Crippen molar-refractivity contribution < 1.29 is 13.9 Å². The van der Waals surface area contributed by atoms with Gasteiger partial charge in [-0.3, -0.25) is 4.79 Å². The van der Waals surface area contributed by atoms with Gasteiger partial charge in [-0.05, 0) is 55.8 Å². The molecule has 3 rings (SSSR count). The van der Waals surface area contributed by atoms with E-state index < -0.39 is 11.7 Å². The van der Waals surface area contributed by atoms with Crippen molar-refractivity contribution in [3.8, 4) is 5.75 Å². The highest BCUT2D eigenvalue weighted by atomic mass is 16.5. The number of carbonyl (C=O) groups excluding carboxylic acids is 1. The van der Waals surface area contributed by atoms with Crippen LogP contribution in [0.25, 0.3) is 11.1 Å². The molecule has 0 N–H and O–H groups in total. The SMILES string of the molecule is CCOc1ccc(C(=O)n2c(=O)oc3ccc(C)cc32)cc1. The molecule has 2 aromatic carbocycles. The highest BCUT2D eigenvalue weighted by Crippen LogP contribution is 2.17.